The fourth-order valence-electron chi connectivity index (χ4n) is 7.32. The van der Waals surface area contributed by atoms with Gasteiger partial charge in [-0.05, 0) is 76.7 Å². The number of allylic oxidation sites excluding steroid dienone is 8. The summed E-state index contributed by atoms with van der Waals surface area (Å²) in [5.74, 6) is 1.81. The van der Waals surface area contributed by atoms with Gasteiger partial charge in [0.2, 0.25) is 0 Å². The van der Waals surface area contributed by atoms with E-state index in [9.17, 15) is 0 Å². The molecule has 1 aliphatic rings. The lowest BCUT2D eigenvalue weighted by Crippen LogP contribution is -2.10. The number of pyridine rings is 1. The highest BCUT2D eigenvalue weighted by molar-refractivity contribution is 6.10. The minimum atomic E-state index is -0.0290. The Bertz CT molecular complexity index is 2810. The van der Waals surface area contributed by atoms with Crippen LogP contribution in [0.5, 0.6) is 0 Å². The van der Waals surface area contributed by atoms with Crippen molar-refractivity contribution in [3.8, 4) is 28.2 Å². The fourth-order valence-corrected chi connectivity index (χ4v) is 7.32. The number of fused-ring (bicyclic) bond motifs is 3. The first-order valence-electron chi connectivity index (χ1n) is 18.4. The van der Waals surface area contributed by atoms with E-state index in [1.54, 1.807) is 6.20 Å². The average molecular weight is 708 g/mol. The highest BCUT2D eigenvalue weighted by atomic mass is 15.0. The molecule has 55 heavy (non-hydrogen) atoms. The second-order valence-electron chi connectivity index (χ2n) is 13.7. The van der Waals surface area contributed by atoms with E-state index in [2.05, 4.69) is 150 Å². The van der Waals surface area contributed by atoms with Gasteiger partial charge in [0.15, 0.2) is 11.6 Å². The molecule has 0 saturated carbocycles. The van der Waals surface area contributed by atoms with Gasteiger partial charge in [-0.3, -0.25) is 4.98 Å². The molecular formula is C50H37N5. The first-order chi connectivity index (χ1) is 27.1. The van der Waals surface area contributed by atoms with Crippen molar-refractivity contribution in [3.05, 3.63) is 218 Å². The summed E-state index contributed by atoms with van der Waals surface area (Å²) in [5.41, 5.74) is 11.4. The monoisotopic (exact) mass is 707 g/mol. The summed E-state index contributed by atoms with van der Waals surface area (Å²) in [4.78, 5) is 19.5. The Balaban J connectivity index is 1.06. The van der Waals surface area contributed by atoms with Gasteiger partial charge in [-0.15, -0.1) is 0 Å². The number of hydrogen-bond acceptors (Lipinski definition) is 4. The summed E-state index contributed by atoms with van der Waals surface area (Å²) >= 11 is 0. The van der Waals surface area contributed by atoms with Crippen LogP contribution in [0.25, 0.3) is 66.7 Å². The minimum absolute atomic E-state index is 0.0290. The Hall–Kier alpha value is -7.24. The van der Waals surface area contributed by atoms with Crippen LogP contribution in [-0.4, -0.2) is 24.5 Å². The normalized spacial score (nSPS) is 14.0. The lowest BCUT2D eigenvalue weighted by atomic mass is 9.89. The average Bonchev–Trinajstić information content (AvgIpc) is 3.60. The summed E-state index contributed by atoms with van der Waals surface area (Å²) in [5, 5.41) is 2.37. The zero-order valence-corrected chi connectivity index (χ0v) is 30.3. The Morgan fingerprint density at radius 2 is 1.35 bits per heavy atom. The summed E-state index contributed by atoms with van der Waals surface area (Å²) in [7, 11) is 0. The summed E-state index contributed by atoms with van der Waals surface area (Å²) < 4.78 is 2.32. The van der Waals surface area contributed by atoms with Crippen molar-refractivity contribution in [3.63, 3.8) is 0 Å². The third-order valence-electron chi connectivity index (χ3n) is 10.2. The van der Waals surface area contributed by atoms with E-state index in [1.807, 2.05) is 48.7 Å². The van der Waals surface area contributed by atoms with Crippen LogP contribution in [0, 0.1) is 0 Å². The van der Waals surface area contributed by atoms with Gasteiger partial charge in [0.1, 0.15) is 5.82 Å². The van der Waals surface area contributed by atoms with Gasteiger partial charge in [0, 0.05) is 51.5 Å². The van der Waals surface area contributed by atoms with Crippen LogP contribution in [0.2, 0.25) is 0 Å². The van der Waals surface area contributed by atoms with Crippen molar-refractivity contribution in [1.29, 1.82) is 0 Å². The molecule has 0 fully saturated rings. The van der Waals surface area contributed by atoms with Crippen molar-refractivity contribution >= 4 is 38.5 Å². The molecular weight excluding hydrogens is 671 g/mol. The zero-order valence-electron chi connectivity index (χ0n) is 30.3. The van der Waals surface area contributed by atoms with E-state index in [4.69, 9.17) is 15.0 Å². The van der Waals surface area contributed by atoms with Crippen LogP contribution in [0.3, 0.4) is 0 Å². The topological polar surface area (TPSA) is 56.5 Å². The van der Waals surface area contributed by atoms with Crippen LogP contribution in [0.15, 0.2) is 195 Å². The van der Waals surface area contributed by atoms with Crippen LogP contribution >= 0.6 is 0 Å². The van der Waals surface area contributed by atoms with Gasteiger partial charge in [-0.25, -0.2) is 15.0 Å². The van der Waals surface area contributed by atoms with Crippen LogP contribution in [0.4, 0.5) is 0 Å². The zero-order chi connectivity index (χ0) is 37.1. The molecule has 1 atom stereocenters. The van der Waals surface area contributed by atoms with E-state index in [0.29, 0.717) is 23.0 Å². The highest BCUT2D eigenvalue weighted by Gasteiger charge is 2.21. The third kappa shape index (κ3) is 6.76. The summed E-state index contributed by atoms with van der Waals surface area (Å²) in [6.45, 7) is 8.91. The summed E-state index contributed by atoms with van der Waals surface area (Å²) in [6, 6.07) is 48.3. The van der Waals surface area contributed by atoms with E-state index >= 15 is 0 Å². The molecule has 3 aromatic heterocycles. The molecule has 0 N–H and O–H groups in total. The summed E-state index contributed by atoms with van der Waals surface area (Å²) in [6.07, 6.45) is 14.8. The largest absolute Gasteiger partial charge is 0.309 e. The maximum atomic E-state index is 5.09. The molecule has 262 valence electrons. The minimum Gasteiger partial charge on any atom is -0.309 e. The molecule has 9 rings (SSSR count). The Labute approximate surface area is 320 Å². The Morgan fingerprint density at radius 1 is 0.618 bits per heavy atom. The molecule has 0 aliphatic heterocycles. The first kappa shape index (κ1) is 33.6. The van der Waals surface area contributed by atoms with Crippen LogP contribution < -0.4 is 0 Å². The number of para-hydroxylation sites is 2. The number of benzene rings is 5. The van der Waals surface area contributed by atoms with Crippen LogP contribution in [0.1, 0.15) is 35.1 Å². The molecule has 0 radical (unpaired) electrons. The lowest BCUT2D eigenvalue weighted by Gasteiger charge is -2.19. The fraction of sp³-hybridized carbons (Fsp3) is 0.0400. The molecule has 0 saturated heterocycles. The van der Waals surface area contributed by atoms with E-state index in [1.165, 1.54) is 27.4 Å². The molecule has 1 unspecified atom stereocenters. The smallest absolute Gasteiger partial charge is 0.163 e. The van der Waals surface area contributed by atoms with Gasteiger partial charge in [-0.1, -0.05) is 141 Å². The molecule has 0 bridgehead atoms. The maximum Gasteiger partial charge on any atom is 0.163 e. The van der Waals surface area contributed by atoms with Gasteiger partial charge in [-0.2, -0.15) is 0 Å². The Morgan fingerprint density at radius 3 is 2.18 bits per heavy atom. The van der Waals surface area contributed by atoms with E-state index in [0.717, 1.165) is 45.5 Å². The molecule has 8 aromatic rings. The molecule has 0 amide bonds. The predicted molar refractivity (Wildman–Crippen MR) is 227 cm³/mol. The molecule has 5 heteroatoms. The number of hydrogen-bond donors (Lipinski definition) is 0. The molecule has 3 heterocycles. The van der Waals surface area contributed by atoms with E-state index < -0.39 is 0 Å². The highest BCUT2D eigenvalue weighted by Crippen LogP contribution is 2.36. The lowest BCUT2D eigenvalue weighted by molar-refractivity contribution is 0.765. The van der Waals surface area contributed by atoms with E-state index in [-0.39, 0.29) is 5.92 Å². The SMILES string of the molecule is C=C(/C=C\C(=C)c1nc(-c2cccc(-c3cccnc3)c2)nc(C2C=CC=C(c3ccccc3)C2)n1)c1ccc2c(c1)c1ccccc1n2-c1ccccc1. The predicted octanol–water partition coefficient (Wildman–Crippen LogP) is 12.1. The molecule has 0 spiro atoms. The second kappa shape index (κ2) is 14.6. The standard InChI is InChI=1S/C50H37N5/c1-34(37-27-28-47-45(32-37)44-23-9-10-24-46(44)55(47)43-21-7-4-8-22-43)25-26-35(2)48-52-49(40-18-11-16-38(30-40)36-14-5-3-6-15-36)54-50(53-48)41-19-12-17-39(31-41)42-20-13-29-51-33-42/h3-29,31-33,40H,1-2,30H2/b26-25-. The van der Waals surface area contributed by atoms with Crippen molar-refractivity contribution in [1.82, 2.24) is 24.5 Å². The third-order valence-corrected chi connectivity index (χ3v) is 10.2. The number of nitrogens with zero attached hydrogens (tertiary/aromatic N) is 5. The number of aromatic nitrogens is 5. The van der Waals surface area contributed by atoms with Crippen molar-refractivity contribution in [2.45, 2.75) is 12.3 Å². The maximum absolute atomic E-state index is 5.09. The molecule has 5 nitrogen and oxygen atoms in total. The van der Waals surface area contributed by atoms with Crippen molar-refractivity contribution in [2.24, 2.45) is 0 Å². The Kier molecular flexibility index (Phi) is 8.94. The quantitative estimate of drug-likeness (QED) is 0.140. The second-order valence-corrected chi connectivity index (χ2v) is 13.7. The van der Waals surface area contributed by atoms with Gasteiger partial charge in [0.25, 0.3) is 0 Å². The van der Waals surface area contributed by atoms with Crippen molar-refractivity contribution < 1.29 is 0 Å². The first-order valence-corrected chi connectivity index (χ1v) is 18.4. The van der Waals surface area contributed by atoms with Gasteiger partial charge >= 0.3 is 0 Å². The number of rotatable bonds is 9. The van der Waals surface area contributed by atoms with Crippen molar-refractivity contribution in [2.75, 3.05) is 0 Å². The molecule has 1 aliphatic carbocycles. The molecule has 5 aromatic carbocycles. The van der Waals surface area contributed by atoms with Gasteiger partial charge in [0.05, 0.1) is 11.0 Å². The van der Waals surface area contributed by atoms with Gasteiger partial charge < -0.3 is 4.57 Å². The van der Waals surface area contributed by atoms with Crippen LogP contribution in [-0.2, 0) is 0 Å².